The van der Waals surface area contributed by atoms with Crippen LogP contribution in [0.15, 0.2) is 30.3 Å². The molecule has 0 aromatic heterocycles. The number of likely N-dealkylation sites (tertiary alicyclic amines) is 1. The lowest BCUT2D eigenvalue weighted by molar-refractivity contribution is -0.125. The lowest BCUT2D eigenvalue weighted by Crippen LogP contribution is -2.39. The predicted octanol–water partition coefficient (Wildman–Crippen LogP) is 1.65. The zero-order chi connectivity index (χ0) is 21.6. The van der Waals surface area contributed by atoms with E-state index in [1.807, 2.05) is 18.2 Å². The molecular formula is C24H34N4O3. The highest BCUT2D eigenvalue weighted by atomic mass is 16.2. The number of piperidine rings is 1. The number of carbonyl (C=O) groups is 3. The van der Waals surface area contributed by atoms with Gasteiger partial charge in [-0.1, -0.05) is 24.6 Å². The van der Waals surface area contributed by atoms with E-state index in [2.05, 4.69) is 15.5 Å². The summed E-state index contributed by atoms with van der Waals surface area (Å²) in [7, 11) is 0. The van der Waals surface area contributed by atoms with E-state index in [0.29, 0.717) is 31.5 Å². The fraction of sp³-hybridized carbons (Fsp3) is 0.625. The Balaban J connectivity index is 1.27. The Kier molecular flexibility index (Phi) is 7.22. The lowest BCUT2D eigenvalue weighted by Gasteiger charge is -2.26. The topological polar surface area (TPSA) is 81.8 Å². The van der Waals surface area contributed by atoms with Gasteiger partial charge in [0.25, 0.3) is 5.91 Å². The van der Waals surface area contributed by atoms with Crippen LogP contribution in [-0.4, -0.2) is 72.8 Å². The first-order chi connectivity index (χ1) is 15.1. The molecule has 3 amide bonds. The number of carbonyl (C=O) groups excluding carboxylic acids is 3. The van der Waals surface area contributed by atoms with E-state index < -0.39 is 0 Å². The Morgan fingerprint density at radius 2 is 1.84 bits per heavy atom. The highest BCUT2D eigenvalue weighted by Gasteiger charge is 2.42. The molecule has 31 heavy (non-hydrogen) atoms. The third kappa shape index (κ3) is 5.64. The quantitative estimate of drug-likeness (QED) is 0.678. The van der Waals surface area contributed by atoms with Gasteiger partial charge in [-0.3, -0.25) is 14.4 Å². The van der Waals surface area contributed by atoms with E-state index >= 15 is 0 Å². The largest absolute Gasteiger partial charge is 0.356 e. The molecule has 7 nitrogen and oxygen atoms in total. The fourth-order valence-corrected chi connectivity index (χ4v) is 5.25. The van der Waals surface area contributed by atoms with Crippen LogP contribution in [0.25, 0.3) is 0 Å². The molecule has 1 aliphatic carbocycles. The summed E-state index contributed by atoms with van der Waals surface area (Å²) in [6.45, 7) is 4.69. The molecule has 1 aromatic rings. The minimum Gasteiger partial charge on any atom is -0.356 e. The number of benzene rings is 1. The fourth-order valence-electron chi connectivity index (χ4n) is 5.25. The summed E-state index contributed by atoms with van der Waals surface area (Å²) in [6.07, 6.45) is 6.24. The van der Waals surface area contributed by atoms with Crippen LogP contribution in [0.5, 0.6) is 0 Å². The average molecular weight is 427 g/mol. The highest BCUT2D eigenvalue weighted by Crippen LogP contribution is 2.33. The van der Waals surface area contributed by atoms with Gasteiger partial charge < -0.3 is 20.4 Å². The summed E-state index contributed by atoms with van der Waals surface area (Å²) < 4.78 is 0. The first kappa shape index (κ1) is 21.8. The Morgan fingerprint density at radius 1 is 1.06 bits per heavy atom. The van der Waals surface area contributed by atoms with Crippen molar-refractivity contribution >= 4 is 17.7 Å². The molecule has 0 spiro atoms. The Bertz CT molecular complexity index is 778. The van der Waals surface area contributed by atoms with Gasteiger partial charge in [0.1, 0.15) is 0 Å². The lowest BCUT2D eigenvalue weighted by atomic mass is 10.0. The monoisotopic (exact) mass is 426 g/mol. The molecule has 168 valence electrons. The molecule has 1 saturated carbocycles. The zero-order valence-corrected chi connectivity index (χ0v) is 18.2. The predicted molar refractivity (Wildman–Crippen MR) is 118 cm³/mol. The Morgan fingerprint density at radius 3 is 2.61 bits per heavy atom. The molecular weight excluding hydrogens is 392 g/mol. The number of fused-ring (bicyclic) bond motifs is 1. The number of rotatable bonds is 6. The second kappa shape index (κ2) is 10.3. The van der Waals surface area contributed by atoms with Crippen molar-refractivity contribution in [2.45, 2.75) is 44.6 Å². The van der Waals surface area contributed by atoms with Crippen molar-refractivity contribution in [3.63, 3.8) is 0 Å². The second-order valence-electron chi connectivity index (χ2n) is 9.20. The Hall–Kier alpha value is -2.41. The SMILES string of the molecule is O=C1CN(C(=O)c2ccccc2)C[C@H]2C[C@H](C(=O)NCCCN3CCCCC3)C[C@H]2N1. The number of amides is 3. The highest BCUT2D eigenvalue weighted by molar-refractivity contribution is 5.96. The standard InChI is InChI=1S/C24H34N4O3/c29-22-17-28(24(31)18-8-3-1-4-9-18)16-20-14-19(15-21(20)26-22)23(30)25-10-7-13-27-11-5-2-6-12-27/h1,3-4,8-9,19-21H,2,5-7,10-17H2,(H,25,30)(H,26,29)/t19-,20+,21+/m0/s1. The van der Waals surface area contributed by atoms with E-state index in [9.17, 15) is 14.4 Å². The molecule has 3 fully saturated rings. The van der Waals surface area contributed by atoms with E-state index in [-0.39, 0.29) is 42.1 Å². The van der Waals surface area contributed by atoms with Gasteiger partial charge in [0.05, 0.1) is 6.54 Å². The summed E-state index contributed by atoms with van der Waals surface area (Å²) in [5.41, 5.74) is 0.592. The van der Waals surface area contributed by atoms with E-state index in [1.54, 1.807) is 17.0 Å². The molecule has 2 N–H and O–H groups in total. The molecule has 2 heterocycles. The van der Waals surface area contributed by atoms with E-state index in [1.165, 1.54) is 32.4 Å². The molecule has 3 aliphatic rings. The van der Waals surface area contributed by atoms with Crippen molar-refractivity contribution in [1.82, 2.24) is 20.4 Å². The summed E-state index contributed by atoms with van der Waals surface area (Å²) in [5, 5.41) is 6.15. The summed E-state index contributed by atoms with van der Waals surface area (Å²) in [6, 6.07) is 9.04. The molecule has 1 aromatic carbocycles. The van der Waals surface area contributed by atoms with Crippen LogP contribution in [0.4, 0.5) is 0 Å². The first-order valence-electron chi connectivity index (χ1n) is 11.7. The molecule has 2 aliphatic heterocycles. The molecule has 0 unspecified atom stereocenters. The van der Waals surface area contributed by atoms with Crippen LogP contribution >= 0.6 is 0 Å². The average Bonchev–Trinajstić information content (AvgIpc) is 3.11. The van der Waals surface area contributed by atoms with Gasteiger partial charge in [0, 0.05) is 30.6 Å². The van der Waals surface area contributed by atoms with Crippen LogP contribution in [-0.2, 0) is 9.59 Å². The van der Waals surface area contributed by atoms with Gasteiger partial charge in [0.15, 0.2) is 0 Å². The maximum absolute atomic E-state index is 12.9. The van der Waals surface area contributed by atoms with Gasteiger partial charge in [-0.15, -0.1) is 0 Å². The van der Waals surface area contributed by atoms with Crippen LogP contribution in [0, 0.1) is 11.8 Å². The summed E-state index contributed by atoms with van der Waals surface area (Å²) in [5.74, 6) is -0.163. The van der Waals surface area contributed by atoms with Crippen molar-refractivity contribution in [2.24, 2.45) is 11.8 Å². The molecule has 0 bridgehead atoms. The van der Waals surface area contributed by atoms with Crippen molar-refractivity contribution in [3.05, 3.63) is 35.9 Å². The smallest absolute Gasteiger partial charge is 0.254 e. The van der Waals surface area contributed by atoms with Gasteiger partial charge in [0.2, 0.25) is 11.8 Å². The van der Waals surface area contributed by atoms with Crippen LogP contribution in [0.1, 0.15) is 48.9 Å². The summed E-state index contributed by atoms with van der Waals surface area (Å²) in [4.78, 5) is 42.1. The van der Waals surface area contributed by atoms with E-state index in [0.717, 1.165) is 13.0 Å². The number of hydrogen-bond acceptors (Lipinski definition) is 4. The van der Waals surface area contributed by atoms with Gasteiger partial charge >= 0.3 is 0 Å². The zero-order valence-electron chi connectivity index (χ0n) is 18.2. The third-order valence-electron chi connectivity index (χ3n) is 6.91. The molecule has 7 heteroatoms. The van der Waals surface area contributed by atoms with Crippen LogP contribution in [0.3, 0.4) is 0 Å². The first-order valence-corrected chi connectivity index (χ1v) is 11.7. The maximum Gasteiger partial charge on any atom is 0.254 e. The normalized spacial score (nSPS) is 26.6. The van der Waals surface area contributed by atoms with Crippen molar-refractivity contribution in [1.29, 1.82) is 0 Å². The van der Waals surface area contributed by atoms with E-state index in [4.69, 9.17) is 0 Å². The number of hydrogen-bond donors (Lipinski definition) is 2. The second-order valence-corrected chi connectivity index (χ2v) is 9.20. The Labute approximate surface area is 184 Å². The minimum atomic E-state index is -0.139. The molecule has 3 atom stereocenters. The van der Waals surface area contributed by atoms with Crippen molar-refractivity contribution < 1.29 is 14.4 Å². The minimum absolute atomic E-state index is 0.0369. The number of nitrogens with zero attached hydrogens (tertiary/aromatic N) is 2. The van der Waals surface area contributed by atoms with Crippen molar-refractivity contribution in [3.8, 4) is 0 Å². The molecule has 4 rings (SSSR count). The molecule has 0 radical (unpaired) electrons. The molecule has 2 saturated heterocycles. The summed E-state index contributed by atoms with van der Waals surface area (Å²) >= 11 is 0. The van der Waals surface area contributed by atoms with Gasteiger partial charge in [-0.25, -0.2) is 0 Å². The van der Waals surface area contributed by atoms with Gasteiger partial charge in [-0.05, 0) is 69.8 Å². The van der Waals surface area contributed by atoms with Gasteiger partial charge in [-0.2, -0.15) is 0 Å². The number of nitrogens with one attached hydrogen (secondary N) is 2. The van der Waals surface area contributed by atoms with Crippen LogP contribution in [0.2, 0.25) is 0 Å². The maximum atomic E-state index is 12.9. The van der Waals surface area contributed by atoms with Crippen LogP contribution < -0.4 is 10.6 Å². The van der Waals surface area contributed by atoms with Crippen molar-refractivity contribution in [2.75, 3.05) is 39.3 Å². The third-order valence-corrected chi connectivity index (χ3v) is 6.91.